The lowest BCUT2D eigenvalue weighted by Crippen LogP contribution is -2.49. The van der Waals surface area contributed by atoms with Crippen molar-refractivity contribution in [3.05, 3.63) is 64.5 Å². The highest BCUT2D eigenvalue weighted by molar-refractivity contribution is 6.31. The third kappa shape index (κ3) is 4.16. The molecule has 7 nitrogen and oxygen atoms in total. The summed E-state index contributed by atoms with van der Waals surface area (Å²) in [6, 6.07) is 9.50. The number of aromatic nitrogens is 4. The Morgan fingerprint density at radius 2 is 1.73 bits per heavy atom. The molecule has 0 unspecified atom stereocenters. The average Bonchev–Trinajstić information content (AvgIpc) is 3.08. The third-order valence-electron chi connectivity index (χ3n) is 5.57. The molecule has 3 aromatic rings. The van der Waals surface area contributed by atoms with Crippen LogP contribution >= 0.6 is 11.6 Å². The van der Waals surface area contributed by atoms with Crippen LogP contribution in [-0.4, -0.2) is 56.5 Å². The lowest BCUT2D eigenvalue weighted by atomic mass is 10.1. The second kappa shape index (κ2) is 8.44. The quantitative estimate of drug-likeness (QED) is 0.643. The molecule has 0 radical (unpaired) electrons. The lowest BCUT2D eigenvalue weighted by molar-refractivity contribution is -0.130. The number of carbonyl (C=O) groups is 1. The number of nitrogens with zero attached hydrogens (tertiary/aromatic N) is 6. The molecule has 0 saturated carbocycles. The molecule has 8 heteroatoms. The van der Waals surface area contributed by atoms with Crippen LogP contribution in [0.4, 0.5) is 5.82 Å². The van der Waals surface area contributed by atoms with Crippen LogP contribution < -0.4 is 4.90 Å². The van der Waals surface area contributed by atoms with E-state index in [0.29, 0.717) is 30.4 Å². The molecule has 156 valence electrons. The first-order chi connectivity index (χ1) is 14.4. The van der Waals surface area contributed by atoms with E-state index in [9.17, 15) is 4.79 Å². The molecule has 1 aromatic carbocycles. The molecular formula is C22H25ClN6O. The van der Waals surface area contributed by atoms with Crippen LogP contribution in [0, 0.1) is 20.8 Å². The van der Waals surface area contributed by atoms with Crippen LogP contribution in [0.2, 0.25) is 5.02 Å². The van der Waals surface area contributed by atoms with Crippen LogP contribution in [0.5, 0.6) is 0 Å². The first-order valence-corrected chi connectivity index (χ1v) is 10.4. The largest absolute Gasteiger partial charge is 0.353 e. The minimum atomic E-state index is 0.104. The van der Waals surface area contributed by atoms with E-state index in [1.807, 2.05) is 60.6 Å². The van der Waals surface area contributed by atoms with Crippen LogP contribution in [-0.2, 0) is 11.2 Å². The van der Waals surface area contributed by atoms with Crippen molar-refractivity contribution in [2.75, 3.05) is 31.1 Å². The molecule has 0 spiro atoms. The molecule has 0 atom stereocenters. The number of hydrogen-bond donors (Lipinski definition) is 0. The molecule has 0 aliphatic carbocycles. The maximum absolute atomic E-state index is 12.7. The zero-order valence-electron chi connectivity index (χ0n) is 17.5. The van der Waals surface area contributed by atoms with Crippen molar-refractivity contribution in [2.45, 2.75) is 27.2 Å². The molecule has 3 heterocycles. The molecule has 1 fully saturated rings. The Morgan fingerprint density at radius 3 is 2.40 bits per heavy atom. The van der Waals surface area contributed by atoms with Crippen LogP contribution in [0.3, 0.4) is 0 Å². The van der Waals surface area contributed by atoms with Crippen molar-refractivity contribution in [1.82, 2.24) is 24.4 Å². The third-order valence-corrected chi connectivity index (χ3v) is 5.93. The van der Waals surface area contributed by atoms with Gasteiger partial charge in [-0.25, -0.2) is 15.0 Å². The fourth-order valence-electron chi connectivity index (χ4n) is 3.65. The normalized spacial score (nSPS) is 14.3. The Hall–Kier alpha value is -2.93. The second-order valence-corrected chi connectivity index (χ2v) is 7.96. The SMILES string of the molecule is Cc1nc(N2CCN(C(=O)Cc3ccccc3Cl)CC2)cc(-n2cnc(C)c2C)n1. The van der Waals surface area contributed by atoms with Crippen LogP contribution in [0.1, 0.15) is 22.8 Å². The molecule has 1 saturated heterocycles. The van der Waals surface area contributed by atoms with E-state index in [0.717, 1.165) is 41.7 Å². The maximum Gasteiger partial charge on any atom is 0.227 e. The number of piperazine rings is 1. The van der Waals surface area contributed by atoms with Gasteiger partial charge < -0.3 is 9.80 Å². The number of amides is 1. The van der Waals surface area contributed by atoms with Crippen molar-refractivity contribution in [2.24, 2.45) is 0 Å². The lowest BCUT2D eigenvalue weighted by Gasteiger charge is -2.35. The fourth-order valence-corrected chi connectivity index (χ4v) is 3.86. The highest BCUT2D eigenvalue weighted by atomic mass is 35.5. The smallest absolute Gasteiger partial charge is 0.227 e. The highest BCUT2D eigenvalue weighted by Gasteiger charge is 2.23. The Kier molecular flexibility index (Phi) is 5.72. The van der Waals surface area contributed by atoms with Gasteiger partial charge in [0.2, 0.25) is 5.91 Å². The minimum Gasteiger partial charge on any atom is -0.353 e. The topological polar surface area (TPSA) is 67.2 Å². The van der Waals surface area contributed by atoms with Crippen molar-refractivity contribution in [3.63, 3.8) is 0 Å². The van der Waals surface area contributed by atoms with Crippen molar-refractivity contribution in [1.29, 1.82) is 0 Å². The summed E-state index contributed by atoms with van der Waals surface area (Å²) in [5.74, 6) is 2.51. The van der Waals surface area contributed by atoms with Crippen LogP contribution in [0.25, 0.3) is 5.82 Å². The standard InChI is InChI=1S/C22H25ClN6O/c1-15-16(2)29(14-24-15)21-13-20(25-17(3)26-21)27-8-10-28(11-9-27)22(30)12-18-6-4-5-7-19(18)23/h4-7,13-14H,8-12H2,1-3H3. The van der Waals surface area contributed by atoms with Gasteiger partial charge >= 0.3 is 0 Å². The van der Waals surface area contributed by atoms with Gasteiger partial charge in [-0.15, -0.1) is 0 Å². The van der Waals surface area contributed by atoms with Gasteiger partial charge in [0.15, 0.2) is 0 Å². The van der Waals surface area contributed by atoms with E-state index in [2.05, 4.69) is 19.9 Å². The summed E-state index contributed by atoms with van der Waals surface area (Å²) in [5.41, 5.74) is 2.92. The summed E-state index contributed by atoms with van der Waals surface area (Å²) in [7, 11) is 0. The number of aryl methyl sites for hydroxylation is 2. The molecule has 30 heavy (non-hydrogen) atoms. The van der Waals surface area contributed by atoms with Gasteiger partial charge in [0.25, 0.3) is 0 Å². The molecule has 0 bridgehead atoms. The number of halogens is 1. The summed E-state index contributed by atoms with van der Waals surface area (Å²) in [4.78, 5) is 30.4. The predicted molar refractivity (Wildman–Crippen MR) is 117 cm³/mol. The van der Waals surface area contributed by atoms with Gasteiger partial charge in [-0.1, -0.05) is 29.8 Å². The second-order valence-electron chi connectivity index (χ2n) is 7.55. The summed E-state index contributed by atoms with van der Waals surface area (Å²) >= 11 is 6.20. The van der Waals surface area contributed by atoms with E-state index in [4.69, 9.17) is 11.6 Å². The number of hydrogen-bond acceptors (Lipinski definition) is 5. The molecule has 0 N–H and O–H groups in total. The fraction of sp³-hybridized carbons (Fsp3) is 0.364. The molecular weight excluding hydrogens is 400 g/mol. The maximum atomic E-state index is 12.7. The Morgan fingerprint density at radius 1 is 1.03 bits per heavy atom. The first-order valence-electron chi connectivity index (χ1n) is 10.0. The van der Waals surface area contributed by atoms with E-state index in [1.165, 1.54) is 0 Å². The van der Waals surface area contributed by atoms with Crippen molar-refractivity contribution >= 4 is 23.3 Å². The van der Waals surface area contributed by atoms with E-state index in [1.54, 1.807) is 6.33 Å². The van der Waals surface area contributed by atoms with Gasteiger partial charge in [0.1, 0.15) is 23.8 Å². The van der Waals surface area contributed by atoms with Gasteiger partial charge in [-0.05, 0) is 32.4 Å². The first kappa shape index (κ1) is 20.3. The van der Waals surface area contributed by atoms with Gasteiger partial charge in [-0.2, -0.15) is 0 Å². The zero-order valence-corrected chi connectivity index (χ0v) is 18.2. The van der Waals surface area contributed by atoms with E-state index in [-0.39, 0.29) is 5.91 Å². The Labute approximate surface area is 181 Å². The molecule has 2 aromatic heterocycles. The molecule has 4 rings (SSSR count). The summed E-state index contributed by atoms with van der Waals surface area (Å²) in [5, 5.41) is 0.638. The van der Waals surface area contributed by atoms with E-state index < -0.39 is 0 Å². The van der Waals surface area contributed by atoms with E-state index >= 15 is 0 Å². The predicted octanol–water partition coefficient (Wildman–Crippen LogP) is 3.13. The van der Waals surface area contributed by atoms with Crippen LogP contribution in [0.15, 0.2) is 36.7 Å². The van der Waals surface area contributed by atoms with Crippen molar-refractivity contribution < 1.29 is 4.79 Å². The Balaban J connectivity index is 1.45. The molecule has 1 aliphatic heterocycles. The average molecular weight is 425 g/mol. The summed E-state index contributed by atoms with van der Waals surface area (Å²) < 4.78 is 1.98. The van der Waals surface area contributed by atoms with Gasteiger partial charge in [0.05, 0.1) is 12.1 Å². The Bertz CT molecular complexity index is 1070. The summed E-state index contributed by atoms with van der Waals surface area (Å²) in [6.07, 6.45) is 2.12. The molecule has 1 aliphatic rings. The minimum absolute atomic E-state index is 0.104. The molecule has 1 amide bonds. The van der Waals surface area contributed by atoms with Gasteiger partial charge in [0, 0.05) is 43.0 Å². The summed E-state index contributed by atoms with van der Waals surface area (Å²) in [6.45, 7) is 8.69. The van der Waals surface area contributed by atoms with Crippen molar-refractivity contribution in [3.8, 4) is 5.82 Å². The number of imidazole rings is 1. The number of rotatable bonds is 4. The number of anilines is 1. The zero-order chi connectivity index (χ0) is 21.3. The number of carbonyl (C=O) groups excluding carboxylic acids is 1. The number of benzene rings is 1. The van der Waals surface area contributed by atoms with Gasteiger partial charge in [-0.3, -0.25) is 9.36 Å². The highest BCUT2D eigenvalue weighted by Crippen LogP contribution is 2.21. The monoisotopic (exact) mass is 424 g/mol.